The van der Waals surface area contributed by atoms with Crippen LogP contribution in [0.15, 0.2) is 12.3 Å². The summed E-state index contributed by atoms with van der Waals surface area (Å²) in [5.41, 5.74) is 0. The van der Waals surface area contributed by atoms with Crippen LogP contribution >= 0.6 is 0 Å². The van der Waals surface area contributed by atoms with Crippen molar-refractivity contribution in [2.24, 2.45) is 0 Å². The van der Waals surface area contributed by atoms with E-state index in [-0.39, 0.29) is 0 Å². The van der Waals surface area contributed by atoms with Gasteiger partial charge in [-0.1, -0.05) is 6.08 Å². The molecule has 0 radical (unpaired) electrons. The molecule has 0 aromatic heterocycles. The Hall–Kier alpha value is -0.130. The average molecular weight is 154 g/mol. The first-order valence-electron chi connectivity index (χ1n) is 1.83. The molecule has 1 unspecified atom stereocenters. The van der Waals surface area contributed by atoms with Gasteiger partial charge in [0, 0.05) is 0 Å². The summed E-state index contributed by atoms with van der Waals surface area (Å²) in [5, 5.41) is 0. The molecular formula is C3H6O3S2. The fourth-order valence-electron chi connectivity index (χ4n) is 0.126. The predicted molar refractivity (Wildman–Crippen MR) is 34.0 cm³/mol. The molecule has 0 saturated heterocycles. The van der Waals surface area contributed by atoms with Gasteiger partial charge in [0.05, 0.1) is 11.2 Å². The maximum absolute atomic E-state index is 10.0. The van der Waals surface area contributed by atoms with Gasteiger partial charge in [0.25, 0.3) is 0 Å². The van der Waals surface area contributed by atoms with Crippen molar-refractivity contribution in [2.45, 2.75) is 6.92 Å². The summed E-state index contributed by atoms with van der Waals surface area (Å²) >= 11 is 3.96. The van der Waals surface area contributed by atoms with E-state index in [2.05, 4.69) is 15.4 Å². The van der Waals surface area contributed by atoms with Crippen molar-refractivity contribution in [2.75, 3.05) is 0 Å². The maximum atomic E-state index is 10.0. The molecule has 48 valence electrons. The van der Waals surface area contributed by atoms with Crippen LogP contribution in [0.4, 0.5) is 0 Å². The number of hydrogen-bond donors (Lipinski definition) is 1. The topological polar surface area (TPSA) is 46.5 Å². The molecule has 0 fully saturated rings. The van der Waals surface area contributed by atoms with Crippen LogP contribution in [0.25, 0.3) is 0 Å². The monoisotopic (exact) mass is 154 g/mol. The Labute approximate surface area is 53.1 Å². The molecule has 0 aromatic carbocycles. The molecule has 1 atom stereocenters. The number of hydrogen-bond acceptors (Lipinski definition) is 3. The first-order valence-corrected chi connectivity index (χ1v) is 4.19. The van der Waals surface area contributed by atoms with Gasteiger partial charge in [0.15, 0.2) is 0 Å². The zero-order chi connectivity index (χ0) is 6.62. The van der Waals surface area contributed by atoms with Gasteiger partial charge in [-0.2, -0.15) is 4.21 Å². The van der Waals surface area contributed by atoms with Crippen LogP contribution < -0.4 is 0 Å². The fourth-order valence-corrected chi connectivity index (χ4v) is 0.513. The summed E-state index contributed by atoms with van der Waals surface area (Å²) in [7, 11) is -3.44. The van der Waals surface area contributed by atoms with Crippen molar-refractivity contribution in [3.63, 3.8) is 0 Å². The third-order valence-corrected chi connectivity index (χ3v) is 0.903. The van der Waals surface area contributed by atoms with Crippen LogP contribution in [-0.2, 0) is 24.4 Å². The van der Waals surface area contributed by atoms with E-state index in [1.54, 1.807) is 6.92 Å². The molecule has 0 aromatic rings. The molecule has 8 heavy (non-hydrogen) atoms. The van der Waals surface area contributed by atoms with E-state index in [1.807, 2.05) is 0 Å². The molecular weight excluding hydrogens is 148 g/mol. The van der Waals surface area contributed by atoms with Crippen LogP contribution in [-0.4, -0.2) is 8.76 Å². The molecule has 0 heterocycles. The van der Waals surface area contributed by atoms with Gasteiger partial charge in [-0.15, -0.1) is 0 Å². The van der Waals surface area contributed by atoms with Crippen molar-refractivity contribution in [1.29, 1.82) is 0 Å². The minimum atomic E-state index is -3.44. The Morgan fingerprint density at radius 2 is 2.38 bits per heavy atom. The molecule has 0 aliphatic rings. The highest BCUT2D eigenvalue weighted by Gasteiger charge is 1.91. The van der Waals surface area contributed by atoms with Gasteiger partial charge in [0.2, 0.25) is 0 Å². The predicted octanol–water partition coefficient (Wildman–Crippen LogP) is 0.671. The van der Waals surface area contributed by atoms with Crippen molar-refractivity contribution >= 4 is 20.2 Å². The number of allylic oxidation sites excluding steroid dienone is 1. The first kappa shape index (κ1) is 7.87. The lowest BCUT2D eigenvalue weighted by molar-refractivity contribution is 0.416. The summed E-state index contributed by atoms with van der Waals surface area (Å²) in [6, 6.07) is 0. The van der Waals surface area contributed by atoms with E-state index in [0.717, 1.165) is 6.26 Å². The second kappa shape index (κ2) is 3.01. The molecule has 0 spiro atoms. The quantitative estimate of drug-likeness (QED) is 0.594. The molecule has 0 aliphatic heterocycles. The van der Waals surface area contributed by atoms with Crippen molar-refractivity contribution in [1.82, 2.24) is 0 Å². The Kier molecular flexibility index (Phi) is 2.96. The van der Waals surface area contributed by atoms with Crippen LogP contribution in [0.5, 0.6) is 0 Å². The summed E-state index contributed by atoms with van der Waals surface area (Å²) in [6.07, 6.45) is 2.55. The summed E-state index contributed by atoms with van der Waals surface area (Å²) in [6.45, 7) is 1.65. The Bertz CT molecular complexity index is 167. The summed E-state index contributed by atoms with van der Waals surface area (Å²) in [4.78, 5) is 0. The zero-order valence-electron chi connectivity index (χ0n) is 4.23. The smallest absolute Gasteiger partial charge is 0.311 e. The molecule has 0 rings (SSSR count). The standard InChI is InChI=1S/C3H6O3S2/c1-2-3-6-8(4,5)7/h2-3H,1H3,(H,4,5,7). The van der Waals surface area contributed by atoms with Crippen molar-refractivity contribution in [3.8, 4) is 0 Å². The van der Waals surface area contributed by atoms with E-state index in [9.17, 15) is 4.21 Å². The zero-order valence-corrected chi connectivity index (χ0v) is 5.87. The minimum absolute atomic E-state index is 1.08. The molecule has 3 nitrogen and oxygen atoms in total. The Morgan fingerprint density at radius 1 is 1.88 bits per heavy atom. The van der Waals surface area contributed by atoms with Crippen LogP contribution in [0.3, 0.4) is 0 Å². The molecule has 1 N–H and O–H groups in total. The first-order chi connectivity index (χ1) is 3.56. The lowest BCUT2D eigenvalue weighted by Gasteiger charge is -1.92. The molecule has 0 bridgehead atoms. The van der Waals surface area contributed by atoms with E-state index in [0.29, 0.717) is 0 Å². The van der Waals surface area contributed by atoms with Crippen molar-refractivity contribution < 1.29 is 12.9 Å². The normalized spacial score (nSPS) is 18.2. The van der Waals surface area contributed by atoms with Gasteiger partial charge in [0.1, 0.15) is 6.26 Å². The van der Waals surface area contributed by atoms with E-state index < -0.39 is 9.05 Å². The molecule has 0 saturated carbocycles. The third kappa shape index (κ3) is 5.87. The Morgan fingerprint density at radius 3 is 2.50 bits per heavy atom. The van der Waals surface area contributed by atoms with Crippen molar-refractivity contribution in [3.05, 3.63) is 12.3 Å². The van der Waals surface area contributed by atoms with Crippen LogP contribution in [0, 0.1) is 0 Å². The maximum Gasteiger partial charge on any atom is 0.311 e. The van der Waals surface area contributed by atoms with Gasteiger partial charge in [-0.25, -0.2) is 0 Å². The molecule has 0 aliphatic carbocycles. The Balaban J connectivity index is 3.76. The average Bonchev–Trinajstić information content (AvgIpc) is 1.59. The fraction of sp³-hybridized carbons (Fsp3) is 0.333. The van der Waals surface area contributed by atoms with Crippen LogP contribution in [0.1, 0.15) is 6.92 Å². The van der Waals surface area contributed by atoms with Crippen LogP contribution in [0.2, 0.25) is 0 Å². The minimum Gasteiger partial charge on any atom is -0.390 e. The van der Waals surface area contributed by atoms with Gasteiger partial charge in [-0.3, -0.25) is 4.55 Å². The lowest BCUT2D eigenvalue weighted by atomic mass is 10.8. The largest absolute Gasteiger partial charge is 0.390 e. The van der Waals surface area contributed by atoms with E-state index in [4.69, 9.17) is 4.55 Å². The SMILES string of the molecule is CC=COS(=O)(O)=S. The van der Waals surface area contributed by atoms with E-state index >= 15 is 0 Å². The van der Waals surface area contributed by atoms with E-state index in [1.165, 1.54) is 6.08 Å². The summed E-state index contributed by atoms with van der Waals surface area (Å²) < 4.78 is 22.4. The molecule has 5 heteroatoms. The lowest BCUT2D eigenvalue weighted by Crippen LogP contribution is -1.94. The van der Waals surface area contributed by atoms with Gasteiger partial charge >= 0.3 is 9.05 Å². The molecule has 0 amide bonds. The number of rotatable bonds is 2. The second-order valence-electron chi connectivity index (χ2n) is 0.993. The van der Waals surface area contributed by atoms with Gasteiger partial charge in [-0.05, 0) is 6.92 Å². The highest BCUT2D eigenvalue weighted by molar-refractivity contribution is 8.27. The third-order valence-electron chi connectivity index (χ3n) is 0.313. The summed E-state index contributed by atoms with van der Waals surface area (Å²) in [5.74, 6) is 0. The van der Waals surface area contributed by atoms with Gasteiger partial charge < -0.3 is 4.18 Å². The second-order valence-corrected chi connectivity index (χ2v) is 3.30. The highest BCUT2D eigenvalue weighted by atomic mass is 32.9. The highest BCUT2D eigenvalue weighted by Crippen LogP contribution is 1.86.